The third kappa shape index (κ3) is 2.43. The van der Waals surface area contributed by atoms with Crippen LogP contribution in [0.15, 0.2) is 10.7 Å². The van der Waals surface area contributed by atoms with Crippen LogP contribution in [0.2, 0.25) is 0 Å². The van der Waals surface area contributed by atoms with Gasteiger partial charge < -0.3 is 4.52 Å². The molecule has 1 aliphatic rings. The molecule has 8 heteroatoms. The maximum absolute atomic E-state index is 8.99. The van der Waals surface area contributed by atoms with Crippen molar-refractivity contribution in [2.24, 2.45) is 0 Å². The van der Waals surface area contributed by atoms with Crippen LogP contribution in [-0.4, -0.2) is 37.1 Å². The van der Waals surface area contributed by atoms with Gasteiger partial charge in [0.05, 0.1) is 17.0 Å². The normalized spacial score (nSPS) is 22.6. The number of hydrogen-bond donors (Lipinski definition) is 1. The summed E-state index contributed by atoms with van der Waals surface area (Å²) in [4.78, 5) is 4.46. The molecule has 2 aromatic heterocycles. The van der Waals surface area contributed by atoms with Gasteiger partial charge in [-0.2, -0.15) is 27.1 Å². The summed E-state index contributed by atoms with van der Waals surface area (Å²) in [6.07, 6.45) is 2.62. The number of rotatable bonds is 3. The first-order chi connectivity index (χ1) is 9.83. The van der Waals surface area contributed by atoms with Crippen LogP contribution in [0.4, 0.5) is 0 Å². The summed E-state index contributed by atoms with van der Waals surface area (Å²) in [6.45, 7) is 2.18. The molecule has 0 amide bonds. The lowest BCUT2D eigenvalue weighted by atomic mass is 10.2. The summed E-state index contributed by atoms with van der Waals surface area (Å²) < 4.78 is 5.30. The van der Waals surface area contributed by atoms with Gasteiger partial charge in [-0.3, -0.25) is 5.10 Å². The Bertz CT molecular complexity index is 632. The van der Waals surface area contributed by atoms with Crippen LogP contribution in [0.5, 0.6) is 0 Å². The molecule has 3 heterocycles. The van der Waals surface area contributed by atoms with Crippen LogP contribution in [0.25, 0.3) is 11.5 Å². The summed E-state index contributed by atoms with van der Waals surface area (Å²) in [5.41, 5.74) is 0.908. The van der Waals surface area contributed by atoms with E-state index in [1.807, 2.05) is 29.6 Å². The lowest BCUT2D eigenvalue weighted by molar-refractivity contribution is 0.421. The Morgan fingerprint density at radius 3 is 3.15 bits per heavy atom. The van der Waals surface area contributed by atoms with Gasteiger partial charge in [0.1, 0.15) is 11.8 Å². The second-order valence-electron chi connectivity index (χ2n) is 4.34. The third-order valence-electron chi connectivity index (χ3n) is 3.13. The monoisotopic (exact) mass is 307 g/mol. The van der Waals surface area contributed by atoms with Gasteiger partial charge in [-0.25, -0.2) is 0 Å². The van der Waals surface area contributed by atoms with E-state index in [0.717, 1.165) is 12.2 Å². The molecule has 0 spiro atoms. The lowest BCUT2D eigenvalue weighted by Crippen LogP contribution is -2.19. The van der Waals surface area contributed by atoms with Crippen LogP contribution in [0.1, 0.15) is 30.1 Å². The smallest absolute Gasteiger partial charge is 0.262 e. The topological polar surface area (TPSA) is 91.4 Å². The molecule has 2 unspecified atom stereocenters. The molecule has 20 heavy (non-hydrogen) atoms. The average Bonchev–Trinajstić information content (AvgIpc) is 3.15. The number of hydrogen-bond acceptors (Lipinski definition) is 7. The number of nitrogens with one attached hydrogen (secondary N) is 1. The zero-order valence-corrected chi connectivity index (χ0v) is 12.5. The van der Waals surface area contributed by atoms with E-state index in [-0.39, 0.29) is 5.25 Å². The van der Waals surface area contributed by atoms with Crippen molar-refractivity contribution in [1.82, 2.24) is 20.3 Å². The zero-order chi connectivity index (χ0) is 13.9. The summed E-state index contributed by atoms with van der Waals surface area (Å²) in [5, 5.41) is 20.3. The molecule has 0 aliphatic carbocycles. The van der Waals surface area contributed by atoms with Crippen LogP contribution in [0.3, 0.4) is 0 Å². The molecule has 0 radical (unpaired) electrons. The Labute approximate surface area is 124 Å². The van der Waals surface area contributed by atoms with Crippen LogP contribution >= 0.6 is 23.5 Å². The van der Waals surface area contributed by atoms with Gasteiger partial charge in [0.15, 0.2) is 5.82 Å². The van der Waals surface area contributed by atoms with Crippen LogP contribution in [-0.2, 0) is 0 Å². The summed E-state index contributed by atoms with van der Waals surface area (Å²) in [6, 6.07) is 2.03. The van der Waals surface area contributed by atoms with Crippen LogP contribution in [0, 0.1) is 11.3 Å². The third-order valence-corrected chi connectivity index (χ3v) is 6.37. The first-order valence-electron chi connectivity index (χ1n) is 6.34. The Hall–Kier alpha value is -1.46. The molecule has 1 aliphatic heterocycles. The van der Waals surface area contributed by atoms with Crippen molar-refractivity contribution in [2.75, 3.05) is 11.5 Å². The van der Waals surface area contributed by atoms with E-state index in [9.17, 15) is 0 Å². The number of aromatic nitrogens is 4. The standard InChI is InChI=1S/C12H13N5OS2/c1-2-9-10(20-4-3-19-9)11-15-12(18-17-11)7-6-14-16-8(7)5-13/h6,9-10H,2-4H2,1H3,(H,14,16). The average molecular weight is 307 g/mol. The first-order valence-corrected chi connectivity index (χ1v) is 8.44. The van der Waals surface area contributed by atoms with Gasteiger partial charge in [0.25, 0.3) is 5.89 Å². The number of nitriles is 1. The minimum Gasteiger partial charge on any atom is -0.334 e. The largest absolute Gasteiger partial charge is 0.334 e. The minimum absolute atomic E-state index is 0.258. The van der Waals surface area contributed by atoms with Crippen molar-refractivity contribution < 1.29 is 4.52 Å². The van der Waals surface area contributed by atoms with Crippen molar-refractivity contribution in [3.05, 3.63) is 17.7 Å². The second-order valence-corrected chi connectivity index (χ2v) is 6.93. The number of nitrogens with zero attached hydrogens (tertiary/aromatic N) is 4. The summed E-state index contributed by atoms with van der Waals surface area (Å²) in [5.74, 6) is 3.35. The molecule has 3 rings (SSSR count). The van der Waals surface area contributed by atoms with Gasteiger partial charge in [-0.05, 0) is 6.42 Å². The molecule has 0 saturated carbocycles. The van der Waals surface area contributed by atoms with Gasteiger partial charge in [-0.15, -0.1) is 11.8 Å². The highest BCUT2D eigenvalue weighted by Crippen LogP contribution is 2.43. The van der Waals surface area contributed by atoms with Crippen molar-refractivity contribution in [1.29, 1.82) is 5.26 Å². The van der Waals surface area contributed by atoms with E-state index < -0.39 is 0 Å². The lowest BCUT2D eigenvalue weighted by Gasteiger charge is -2.27. The molecular weight excluding hydrogens is 294 g/mol. The predicted molar refractivity (Wildman–Crippen MR) is 78.3 cm³/mol. The van der Waals surface area contributed by atoms with Crippen molar-refractivity contribution in [3.8, 4) is 17.5 Å². The Kier molecular flexibility index (Phi) is 3.98. The fraction of sp³-hybridized carbons (Fsp3) is 0.500. The highest BCUT2D eigenvalue weighted by molar-refractivity contribution is 8.06. The van der Waals surface area contributed by atoms with E-state index >= 15 is 0 Å². The summed E-state index contributed by atoms with van der Waals surface area (Å²) >= 11 is 3.84. The van der Waals surface area contributed by atoms with Gasteiger partial charge in [-0.1, -0.05) is 12.1 Å². The highest BCUT2D eigenvalue weighted by atomic mass is 32.2. The van der Waals surface area contributed by atoms with Crippen molar-refractivity contribution in [3.63, 3.8) is 0 Å². The Balaban J connectivity index is 1.88. The second kappa shape index (κ2) is 5.89. The van der Waals surface area contributed by atoms with Crippen LogP contribution < -0.4 is 0 Å². The highest BCUT2D eigenvalue weighted by Gasteiger charge is 2.30. The molecule has 1 fully saturated rings. The van der Waals surface area contributed by atoms with E-state index in [0.29, 0.717) is 28.2 Å². The molecule has 0 aromatic carbocycles. The molecular formula is C12H13N5OS2. The van der Waals surface area contributed by atoms with E-state index in [1.165, 1.54) is 11.9 Å². The van der Waals surface area contributed by atoms with Gasteiger partial charge in [0, 0.05) is 16.8 Å². The van der Waals surface area contributed by atoms with E-state index in [1.54, 1.807) is 0 Å². The van der Waals surface area contributed by atoms with E-state index in [2.05, 4.69) is 27.3 Å². The molecule has 2 aromatic rings. The molecule has 1 saturated heterocycles. The fourth-order valence-electron chi connectivity index (χ4n) is 2.14. The molecule has 2 atom stereocenters. The Morgan fingerprint density at radius 2 is 2.35 bits per heavy atom. The first kappa shape index (κ1) is 13.5. The van der Waals surface area contributed by atoms with Crippen molar-refractivity contribution >= 4 is 23.5 Å². The minimum atomic E-state index is 0.258. The van der Waals surface area contributed by atoms with E-state index in [4.69, 9.17) is 9.78 Å². The molecule has 0 bridgehead atoms. The summed E-state index contributed by atoms with van der Waals surface area (Å²) in [7, 11) is 0. The maximum Gasteiger partial charge on any atom is 0.262 e. The molecule has 6 nitrogen and oxygen atoms in total. The Morgan fingerprint density at radius 1 is 1.50 bits per heavy atom. The number of thioether (sulfide) groups is 2. The number of aromatic amines is 1. The quantitative estimate of drug-likeness (QED) is 0.931. The van der Waals surface area contributed by atoms with Gasteiger partial charge in [0.2, 0.25) is 0 Å². The number of H-pyrrole nitrogens is 1. The SMILES string of the molecule is CCC1SCCSC1c1noc(-c2cn[nH]c2C#N)n1. The van der Waals surface area contributed by atoms with Crippen molar-refractivity contribution in [2.45, 2.75) is 23.8 Å². The maximum atomic E-state index is 8.99. The molecule has 104 valence electrons. The molecule has 1 N–H and O–H groups in total. The fourth-order valence-corrected chi connectivity index (χ4v) is 5.12. The predicted octanol–water partition coefficient (Wildman–Crippen LogP) is 2.63. The zero-order valence-electron chi connectivity index (χ0n) is 10.9. The van der Waals surface area contributed by atoms with Gasteiger partial charge >= 0.3 is 0 Å².